The normalized spacial score (nSPS) is 11.9. The summed E-state index contributed by atoms with van der Waals surface area (Å²) in [5.41, 5.74) is 0. The number of nitrogens with one attached hydrogen (secondary N) is 2. The average molecular weight is 289 g/mol. The van der Waals surface area contributed by atoms with Crippen LogP contribution in [0.3, 0.4) is 0 Å². The number of hydrogen-bond acceptors (Lipinski definition) is 5. The van der Waals surface area contributed by atoms with Crippen molar-refractivity contribution in [1.82, 2.24) is 24.8 Å². The van der Waals surface area contributed by atoms with E-state index in [1.165, 1.54) is 0 Å². The molecule has 0 unspecified atom stereocenters. The molecular weight excluding hydrogens is 266 g/mol. The summed E-state index contributed by atoms with van der Waals surface area (Å²) in [6.07, 6.45) is 3.83. The van der Waals surface area contributed by atoms with Crippen LogP contribution in [-0.2, 0) is 23.5 Å². The first-order valence-corrected chi connectivity index (χ1v) is 8.21. The zero-order chi connectivity index (χ0) is 14.1. The van der Waals surface area contributed by atoms with Crippen LogP contribution < -0.4 is 10.0 Å². The van der Waals surface area contributed by atoms with Crippen LogP contribution in [0, 0.1) is 0 Å². The van der Waals surface area contributed by atoms with Crippen LogP contribution in [-0.4, -0.2) is 48.6 Å². The Morgan fingerprint density at radius 3 is 2.74 bits per heavy atom. The molecule has 0 spiro atoms. The maximum atomic E-state index is 11.7. The number of nitrogens with zero attached hydrogens (tertiary/aromatic N) is 3. The molecule has 0 radical (unpaired) electrons. The average Bonchev–Trinajstić information content (AvgIpc) is 2.75. The molecule has 19 heavy (non-hydrogen) atoms. The lowest BCUT2D eigenvalue weighted by Crippen LogP contribution is -2.30. The molecule has 0 bridgehead atoms. The zero-order valence-corrected chi connectivity index (χ0v) is 12.4. The van der Waals surface area contributed by atoms with E-state index in [0.29, 0.717) is 19.4 Å². The Morgan fingerprint density at radius 2 is 2.11 bits per heavy atom. The number of aryl methyl sites for hydroxylation is 1. The van der Waals surface area contributed by atoms with Crippen molar-refractivity contribution in [2.75, 3.05) is 25.4 Å². The van der Waals surface area contributed by atoms with Crippen molar-refractivity contribution < 1.29 is 8.42 Å². The molecule has 1 aromatic heterocycles. The first kappa shape index (κ1) is 16.1. The van der Waals surface area contributed by atoms with Crippen LogP contribution in [0.25, 0.3) is 0 Å². The van der Waals surface area contributed by atoms with Gasteiger partial charge in [0.25, 0.3) is 0 Å². The van der Waals surface area contributed by atoms with E-state index < -0.39 is 10.0 Å². The Morgan fingerprint density at radius 1 is 1.32 bits per heavy atom. The minimum absolute atomic E-state index is 0.155. The SMILES string of the molecule is CCCNCCCS(=O)(=O)NCCc1nncn1C. The van der Waals surface area contributed by atoms with Gasteiger partial charge in [0.05, 0.1) is 5.75 Å². The molecule has 0 aliphatic heterocycles. The second kappa shape index (κ2) is 8.23. The fourth-order valence-corrected chi connectivity index (χ4v) is 2.69. The van der Waals surface area contributed by atoms with Gasteiger partial charge in [-0.15, -0.1) is 10.2 Å². The van der Waals surface area contributed by atoms with Crippen molar-refractivity contribution in [2.24, 2.45) is 7.05 Å². The highest BCUT2D eigenvalue weighted by Crippen LogP contribution is 1.94. The molecule has 0 saturated carbocycles. The number of hydrogen-bond donors (Lipinski definition) is 2. The summed E-state index contributed by atoms with van der Waals surface area (Å²) in [6.45, 7) is 4.10. The zero-order valence-electron chi connectivity index (χ0n) is 11.6. The maximum absolute atomic E-state index is 11.7. The molecule has 0 aliphatic rings. The molecule has 0 saturated heterocycles. The van der Waals surface area contributed by atoms with E-state index in [1.54, 1.807) is 10.9 Å². The Labute approximate surface area is 114 Å². The molecule has 0 fully saturated rings. The highest BCUT2D eigenvalue weighted by molar-refractivity contribution is 7.89. The summed E-state index contributed by atoms with van der Waals surface area (Å²) in [5, 5.41) is 10.8. The Hall–Kier alpha value is -0.990. The van der Waals surface area contributed by atoms with Crippen LogP contribution >= 0.6 is 0 Å². The lowest BCUT2D eigenvalue weighted by Gasteiger charge is -2.07. The van der Waals surface area contributed by atoms with E-state index in [2.05, 4.69) is 27.2 Å². The fourth-order valence-electron chi connectivity index (χ4n) is 1.61. The first-order chi connectivity index (χ1) is 9.05. The predicted octanol–water partition coefficient (Wildman–Crippen LogP) is -0.333. The van der Waals surface area contributed by atoms with E-state index in [9.17, 15) is 8.42 Å². The molecule has 1 rings (SSSR count). The molecule has 8 heteroatoms. The van der Waals surface area contributed by atoms with Crippen molar-refractivity contribution in [2.45, 2.75) is 26.2 Å². The minimum Gasteiger partial charge on any atom is -0.321 e. The van der Waals surface area contributed by atoms with Crippen molar-refractivity contribution in [3.63, 3.8) is 0 Å². The molecule has 0 amide bonds. The third-order valence-corrected chi connectivity index (χ3v) is 4.14. The highest BCUT2D eigenvalue weighted by atomic mass is 32.2. The Kier molecular flexibility index (Phi) is 6.96. The van der Waals surface area contributed by atoms with Crippen LogP contribution in [0.1, 0.15) is 25.6 Å². The molecule has 7 nitrogen and oxygen atoms in total. The van der Waals surface area contributed by atoms with Crippen molar-refractivity contribution in [3.05, 3.63) is 12.2 Å². The van der Waals surface area contributed by atoms with Crippen molar-refractivity contribution >= 4 is 10.0 Å². The fraction of sp³-hybridized carbons (Fsp3) is 0.818. The van der Waals surface area contributed by atoms with Gasteiger partial charge in [-0.25, -0.2) is 13.1 Å². The van der Waals surface area contributed by atoms with Crippen LogP contribution in [0.2, 0.25) is 0 Å². The van der Waals surface area contributed by atoms with Gasteiger partial charge < -0.3 is 9.88 Å². The Bertz CT molecular complexity index is 457. The van der Waals surface area contributed by atoms with E-state index in [4.69, 9.17) is 0 Å². The summed E-state index contributed by atoms with van der Waals surface area (Å²) in [5.74, 6) is 0.926. The Balaban J connectivity index is 2.18. The van der Waals surface area contributed by atoms with Gasteiger partial charge >= 0.3 is 0 Å². The summed E-state index contributed by atoms with van der Waals surface area (Å²) in [6, 6.07) is 0. The molecule has 0 aliphatic carbocycles. The van der Waals surface area contributed by atoms with E-state index in [-0.39, 0.29) is 5.75 Å². The molecule has 1 heterocycles. The second-order valence-corrected chi connectivity index (χ2v) is 6.35. The molecule has 110 valence electrons. The molecule has 0 aromatic carbocycles. The van der Waals surface area contributed by atoms with Crippen LogP contribution in [0.5, 0.6) is 0 Å². The maximum Gasteiger partial charge on any atom is 0.211 e. The van der Waals surface area contributed by atoms with Crippen LogP contribution in [0.4, 0.5) is 0 Å². The summed E-state index contributed by atoms with van der Waals surface area (Å²) >= 11 is 0. The predicted molar refractivity (Wildman–Crippen MR) is 74.3 cm³/mol. The minimum atomic E-state index is -3.18. The summed E-state index contributed by atoms with van der Waals surface area (Å²) in [7, 11) is -1.35. The summed E-state index contributed by atoms with van der Waals surface area (Å²) < 4.78 is 27.7. The summed E-state index contributed by atoms with van der Waals surface area (Å²) in [4.78, 5) is 0. The lowest BCUT2D eigenvalue weighted by atomic mass is 10.4. The first-order valence-electron chi connectivity index (χ1n) is 6.56. The van der Waals surface area contributed by atoms with Gasteiger partial charge in [-0.05, 0) is 25.9 Å². The van der Waals surface area contributed by atoms with E-state index in [1.807, 2.05) is 7.05 Å². The molecular formula is C11H23N5O2S. The monoisotopic (exact) mass is 289 g/mol. The van der Waals surface area contributed by atoms with E-state index in [0.717, 1.165) is 25.3 Å². The molecule has 0 atom stereocenters. The molecule has 1 aromatic rings. The topological polar surface area (TPSA) is 88.9 Å². The standard InChI is InChI=1S/C11H23N5O2S/c1-3-6-12-7-4-9-19(17,18)14-8-5-11-15-13-10-16(11)2/h10,12,14H,3-9H2,1-2H3. The lowest BCUT2D eigenvalue weighted by molar-refractivity contribution is 0.573. The van der Waals surface area contributed by atoms with Gasteiger partial charge in [0.1, 0.15) is 12.2 Å². The van der Waals surface area contributed by atoms with Crippen molar-refractivity contribution in [3.8, 4) is 0 Å². The number of aromatic nitrogens is 3. The second-order valence-electron chi connectivity index (χ2n) is 4.42. The largest absolute Gasteiger partial charge is 0.321 e. The van der Waals surface area contributed by atoms with Crippen molar-refractivity contribution in [1.29, 1.82) is 0 Å². The van der Waals surface area contributed by atoms with Gasteiger partial charge in [-0.1, -0.05) is 6.92 Å². The van der Waals surface area contributed by atoms with E-state index >= 15 is 0 Å². The van der Waals surface area contributed by atoms with Gasteiger partial charge in [-0.3, -0.25) is 0 Å². The number of rotatable bonds is 10. The van der Waals surface area contributed by atoms with Gasteiger partial charge in [0.2, 0.25) is 10.0 Å². The van der Waals surface area contributed by atoms with Gasteiger partial charge in [0.15, 0.2) is 0 Å². The third-order valence-electron chi connectivity index (χ3n) is 2.67. The van der Waals surface area contributed by atoms with Gasteiger partial charge in [0, 0.05) is 20.0 Å². The quantitative estimate of drug-likeness (QED) is 0.576. The highest BCUT2D eigenvalue weighted by Gasteiger charge is 2.09. The third kappa shape index (κ3) is 6.65. The molecule has 2 N–H and O–H groups in total. The smallest absolute Gasteiger partial charge is 0.211 e. The number of sulfonamides is 1. The van der Waals surface area contributed by atoms with Crippen LogP contribution in [0.15, 0.2) is 6.33 Å². The van der Waals surface area contributed by atoms with Gasteiger partial charge in [-0.2, -0.15) is 0 Å².